The van der Waals surface area contributed by atoms with E-state index in [1.165, 1.54) is 43.2 Å². The summed E-state index contributed by atoms with van der Waals surface area (Å²) in [5.41, 5.74) is 2.62. The molecule has 0 heterocycles. The van der Waals surface area contributed by atoms with Gasteiger partial charge in [-0.25, -0.2) is 0 Å². The summed E-state index contributed by atoms with van der Waals surface area (Å²) in [6, 6.07) is 8.71. The Morgan fingerprint density at radius 1 is 1.06 bits per heavy atom. The molecule has 0 aliphatic heterocycles. The maximum atomic E-state index is 5.99. The molecule has 0 saturated carbocycles. The highest BCUT2D eigenvalue weighted by molar-refractivity contribution is 14.1. The highest BCUT2D eigenvalue weighted by atomic mass is 127. The average molecular weight is 360 g/mol. The first-order valence-electron chi connectivity index (χ1n) is 7.02. The second-order valence-electron chi connectivity index (χ2n) is 4.84. The SMILES string of the molecule is CCCCCCCOC(CI)c1ccc(C)cc1. The second kappa shape index (κ2) is 9.79. The molecule has 0 amide bonds. The number of ether oxygens (including phenoxy) is 1. The summed E-state index contributed by atoms with van der Waals surface area (Å²) in [4.78, 5) is 0. The maximum absolute atomic E-state index is 5.99. The van der Waals surface area contributed by atoms with Gasteiger partial charge in [-0.05, 0) is 18.9 Å². The van der Waals surface area contributed by atoms with E-state index in [1.807, 2.05) is 0 Å². The molecule has 0 saturated heterocycles. The van der Waals surface area contributed by atoms with Gasteiger partial charge < -0.3 is 4.74 Å². The third kappa shape index (κ3) is 6.19. The predicted molar refractivity (Wildman–Crippen MR) is 87.5 cm³/mol. The fraction of sp³-hybridized carbons (Fsp3) is 0.625. The van der Waals surface area contributed by atoms with Crippen molar-refractivity contribution in [3.8, 4) is 0 Å². The first-order chi connectivity index (χ1) is 8.77. The number of benzene rings is 1. The standard InChI is InChI=1S/C16H25IO/c1-3-4-5-6-7-12-18-16(13-17)15-10-8-14(2)9-11-15/h8-11,16H,3-7,12-13H2,1-2H3. The van der Waals surface area contributed by atoms with E-state index in [9.17, 15) is 0 Å². The Kier molecular flexibility index (Phi) is 8.68. The van der Waals surface area contributed by atoms with Gasteiger partial charge in [0.1, 0.15) is 0 Å². The van der Waals surface area contributed by atoms with Crippen molar-refractivity contribution in [1.29, 1.82) is 0 Å². The highest BCUT2D eigenvalue weighted by Crippen LogP contribution is 2.21. The van der Waals surface area contributed by atoms with Crippen molar-refractivity contribution in [1.82, 2.24) is 0 Å². The molecule has 0 spiro atoms. The Morgan fingerprint density at radius 3 is 2.33 bits per heavy atom. The molecule has 1 atom stereocenters. The first-order valence-corrected chi connectivity index (χ1v) is 8.54. The van der Waals surface area contributed by atoms with Crippen LogP contribution in [0.3, 0.4) is 0 Å². The van der Waals surface area contributed by atoms with Gasteiger partial charge in [-0.1, -0.05) is 85.0 Å². The zero-order chi connectivity index (χ0) is 13.2. The zero-order valence-electron chi connectivity index (χ0n) is 11.6. The van der Waals surface area contributed by atoms with Crippen molar-refractivity contribution in [2.75, 3.05) is 11.0 Å². The lowest BCUT2D eigenvalue weighted by atomic mass is 10.1. The first kappa shape index (κ1) is 16.0. The van der Waals surface area contributed by atoms with E-state index in [0.29, 0.717) is 0 Å². The fourth-order valence-corrected chi connectivity index (χ4v) is 2.70. The zero-order valence-corrected chi connectivity index (χ0v) is 13.8. The minimum Gasteiger partial charge on any atom is -0.373 e. The molecule has 1 nitrogen and oxygen atoms in total. The van der Waals surface area contributed by atoms with Gasteiger partial charge in [-0.3, -0.25) is 0 Å². The molecule has 0 aliphatic carbocycles. The van der Waals surface area contributed by atoms with Gasteiger partial charge in [0.2, 0.25) is 0 Å². The van der Waals surface area contributed by atoms with Crippen LogP contribution in [0.1, 0.15) is 56.3 Å². The molecule has 0 fully saturated rings. The summed E-state index contributed by atoms with van der Waals surface area (Å²) in [7, 11) is 0. The van der Waals surface area contributed by atoms with Crippen molar-refractivity contribution in [2.45, 2.75) is 52.1 Å². The van der Waals surface area contributed by atoms with Crippen LogP contribution in [0.4, 0.5) is 0 Å². The normalized spacial score (nSPS) is 12.6. The van der Waals surface area contributed by atoms with Gasteiger partial charge in [0.25, 0.3) is 0 Å². The van der Waals surface area contributed by atoms with Gasteiger partial charge in [-0.15, -0.1) is 0 Å². The van der Waals surface area contributed by atoms with Crippen LogP contribution in [-0.4, -0.2) is 11.0 Å². The molecular formula is C16H25IO. The Balaban J connectivity index is 2.27. The van der Waals surface area contributed by atoms with Gasteiger partial charge in [0, 0.05) is 11.0 Å². The van der Waals surface area contributed by atoms with Gasteiger partial charge >= 0.3 is 0 Å². The molecule has 0 aliphatic rings. The number of rotatable bonds is 9. The summed E-state index contributed by atoms with van der Waals surface area (Å²) in [6.45, 7) is 5.27. The predicted octanol–water partition coefficient (Wildman–Crippen LogP) is 5.46. The van der Waals surface area contributed by atoms with E-state index < -0.39 is 0 Å². The Morgan fingerprint density at radius 2 is 1.72 bits per heavy atom. The van der Waals surface area contributed by atoms with E-state index in [4.69, 9.17) is 4.74 Å². The van der Waals surface area contributed by atoms with E-state index in [0.717, 1.165) is 11.0 Å². The van der Waals surface area contributed by atoms with Crippen LogP contribution < -0.4 is 0 Å². The van der Waals surface area contributed by atoms with Crippen LogP contribution in [0.5, 0.6) is 0 Å². The molecule has 1 aromatic carbocycles. The number of unbranched alkanes of at least 4 members (excludes halogenated alkanes) is 4. The molecule has 1 unspecified atom stereocenters. The van der Waals surface area contributed by atoms with Crippen molar-refractivity contribution in [2.24, 2.45) is 0 Å². The van der Waals surface area contributed by atoms with Gasteiger partial charge in [0.05, 0.1) is 6.10 Å². The van der Waals surface area contributed by atoms with Crippen molar-refractivity contribution in [3.63, 3.8) is 0 Å². The molecule has 2 heteroatoms. The molecular weight excluding hydrogens is 335 g/mol. The van der Waals surface area contributed by atoms with E-state index in [2.05, 4.69) is 60.7 Å². The van der Waals surface area contributed by atoms with Gasteiger partial charge in [-0.2, -0.15) is 0 Å². The average Bonchev–Trinajstić information content (AvgIpc) is 2.39. The van der Waals surface area contributed by atoms with Crippen molar-refractivity contribution >= 4 is 22.6 Å². The van der Waals surface area contributed by atoms with Crippen LogP contribution in [-0.2, 0) is 4.74 Å². The van der Waals surface area contributed by atoms with Crippen LogP contribution in [0, 0.1) is 6.92 Å². The van der Waals surface area contributed by atoms with Crippen LogP contribution in [0.2, 0.25) is 0 Å². The van der Waals surface area contributed by atoms with Crippen molar-refractivity contribution < 1.29 is 4.74 Å². The van der Waals surface area contributed by atoms with Gasteiger partial charge in [0.15, 0.2) is 0 Å². The molecule has 1 aromatic rings. The minimum atomic E-state index is 0.261. The third-order valence-electron chi connectivity index (χ3n) is 3.16. The molecule has 102 valence electrons. The third-order valence-corrected chi connectivity index (χ3v) is 3.96. The summed E-state index contributed by atoms with van der Waals surface area (Å²) in [5, 5.41) is 0. The Bertz CT molecular complexity index is 307. The molecule has 0 N–H and O–H groups in total. The molecule has 1 rings (SSSR count). The fourth-order valence-electron chi connectivity index (χ4n) is 1.94. The van der Waals surface area contributed by atoms with Crippen LogP contribution in [0.25, 0.3) is 0 Å². The summed E-state index contributed by atoms with van der Waals surface area (Å²) in [6.07, 6.45) is 6.76. The topological polar surface area (TPSA) is 9.23 Å². The minimum absolute atomic E-state index is 0.261. The number of aryl methyl sites for hydroxylation is 1. The smallest absolute Gasteiger partial charge is 0.0914 e. The lowest BCUT2D eigenvalue weighted by Crippen LogP contribution is -2.07. The monoisotopic (exact) mass is 360 g/mol. The molecule has 0 aromatic heterocycles. The number of halogens is 1. The van der Waals surface area contributed by atoms with E-state index >= 15 is 0 Å². The van der Waals surface area contributed by atoms with Crippen LogP contribution >= 0.6 is 22.6 Å². The molecule has 0 bridgehead atoms. The number of hydrogen-bond acceptors (Lipinski definition) is 1. The summed E-state index contributed by atoms with van der Waals surface area (Å²) >= 11 is 2.41. The Labute approximate surface area is 125 Å². The van der Waals surface area contributed by atoms with Crippen LogP contribution in [0.15, 0.2) is 24.3 Å². The lowest BCUT2D eigenvalue weighted by Gasteiger charge is -2.16. The van der Waals surface area contributed by atoms with Crippen molar-refractivity contribution in [3.05, 3.63) is 35.4 Å². The number of alkyl halides is 1. The van der Waals surface area contributed by atoms with E-state index in [-0.39, 0.29) is 6.10 Å². The summed E-state index contributed by atoms with van der Waals surface area (Å²) in [5.74, 6) is 0. The summed E-state index contributed by atoms with van der Waals surface area (Å²) < 4.78 is 7.01. The Hall–Kier alpha value is -0.0900. The molecule has 18 heavy (non-hydrogen) atoms. The largest absolute Gasteiger partial charge is 0.373 e. The highest BCUT2D eigenvalue weighted by Gasteiger charge is 2.09. The maximum Gasteiger partial charge on any atom is 0.0914 e. The quantitative estimate of drug-likeness (QED) is 0.323. The lowest BCUT2D eigenvalue weighted by molar-refractivity contribution is 0.0679. The van der Waals surface area contributed by atoms with E-state index in [1.54, 1.807) is 0 Å². The number of hydrogen-bond donors (Lipinski definition) is 0. The molecule has 0 radical (unpaired) electrons. The second-order valence-corrected chi connectivity index (χ2v) is 5.72.